The minimum Gasteiger partial charge on any atom is -0.454 e. The molecule has 0 spiro atoms. The number of nitrogens with one attached hydrogen (secondary N) is 1. The van der Waals surface area contributed by atoms with E-state index in [1.54, 1.807) is 6.07 Å². The predicted molar refractivity (Wildman–Crippen MR) is 111 cm³/mol. The highest BCUT2D eigenvalue weighted by molar-refractivity contribution is 7.92. The lowest BCUT2D eigenvalue weighted by Crippen LogP contribution is -2.49. The first-order valence-corrected chi connectivity index (χ1v) is 11.2. The smallest absolute Gasteiger partial charge is 0.231 e. The lowest BCUT2D eigenvalue weighted by Gasteiger charge is -2.26. The minimum absolute atomic E-state index is 0.0701. The molecule has 3 rings (SSSR count). The first-order chi connectivity index (χ1) is 13.8. The average Bonchev–Trinajstić information content (AvgIpc) is 3.16. The van der Waals surface area contributed by atoms with Crippen molar-refractivity contribution in [1.82, 2.24) is 5.32 Å². The molecule has 3 atom stereocenters. The Morgan fingerprint density at radius 3 is 2.48 bits per heavy atom. The van der Waals surface area contributed by atoms with Crippen molar-refractivity contribution < 1.29 is 23.0 Å². The SMILES string of the molecule is CC(C)C(NCC(O)C(N)Cc1ccccc1)S(=O)(=O)c1ccc2c(c1)OCO2. The van der Waals surface area contributed by atoms with Crippen molar-refractivity contribution in [2.24, 2.45) is 11.7 Å². The lowest BCUT2D eigenvalue weighted by molar-refractivity contribution is 0.139. The van der Waals surface area contributed by atoms with E-state index >= 15 is 0 Å². The number of nitrogens with two attached hydrogens (primary N) is 1. The number of fused-ring (bicyclic) bond motifs is 1. The van der Waals surface area contributed by atoms with Gasteiger partial charge in [-0.05, 0) is 30.0 Å². The van der Waals surface area contributed by atoms with Crippen molar-refractivity contribution in [3.8, 4) is 11.5 Å². The van der Waals surface area contributed by atoms with E-state index in [0.717, 1.165) is 5.56 Å². The van der Waals surface area contributed by atoms with Crippen LogP contribution in [0, 0.1) is 5.92 Å². The molecule has 2 aromatic carbocycles. The summed E-state index contributed by atoms with van der Waals surface area (Å²) in [4.78, 5) is 0.149. The summed E-state index contributed by atoms with van der Waals surface area (Å²) in [6.45, 7) is 3.79. The van der Waals surface area contributed by atoms with Gasteiger partial charge in [-0.3, -0.25) is 5.32 Å². The molecule has 2 aromatic rings. The fraction of sp³-hybridized carbons (Fsp3) is 0.429. The lowest BCUT2D eigenvalue weighted by atomic mass is 10.0. The van der Waals surface area contributed by atoms with Gasteiger partial charge in [0.1, 0.15) is 5.37 Å². The van der Waals surface area contributed by atoms with Crippen molar-refractivity contribution in [3.63, 3.8) is 0 Å². The molecule has 29 heavy (non-hydrogen) atoms. The first kappa shape index (κ1) is 21.6. The van der Waals surface area contributed by atoms with Gasteiger partial charge in [-0.1, -0.05) is 44.2 Å². The maximum atomic E-state index is 13.2. The zero-order valence-corrected chi connectivity index (χ0v) is 17.4. The number of sulfone groups is 1. The summed E-state index contributed by atoms with van der Waals surface area (Å²) in [6.07, 6.45) is -0.381. The second-order valence-electron chi connectivity index (χ2n) is 7.55. The summed E-state index contributed by atoms with van der Waals surface area (Å²) in [7, 11) is -3.70. The third kappa shape index (κ3) is 5.08. The Balaban J connectivity index is 1.67. The van der Waals surface area contributed by atoms with Crippen molar-refractivity contribution >= 4 is 9.84 Å². The molecule has 7 nitrogen and oxygen atoms in total. The van der Waals surface area contributed by atoms with Crippen molar-refractivity contribution in [2.45, 2.75) is 42.7 Å². The second kappa shape index (κ2) is 9.13. The minimum atomic E-state index is -3.70. The Kier molecular flexibility index (Phi) is 6.79. The third-order valence-electron chi connectivity index (χ3n) is 4.95. The van der Waals surface area contributed by atoms with Crippen molar-refractivity contribution in [2.75, 3.05) is 13.3 Å². The van der Waals surface area contributed by atoms with E-state index in [2.05, 4.69) is 5.32 Å². The van der Waals surface area contributed by atoms with Gasteiger partial charge in [0.2, 0.25) is 6.79 Å². The molecule has 4 N–H and O–H groups in total. The largest absolute Gasteiger partial charge is 0.454 e. The maximum Gasteiger partial charge on any atom is 0.231 e. The maximum absolute atomic E-state index is 13.2. The molecule has 1 aliphatic rings. The molecule has 1 heterocycles. The van der Waals surface area contributed by atoms with E-state index < -0.39 is 27.4 Å². The highest BCUT2D eigenvalue weighted by Gasteiger charge is 2.32. The molecular formula is C21H28N2O5S. The summed E-state index contributed by atoms with van der Waals surface area (Å²) in [5, 5.41) is 12.6. The van der Waals surface area contributed by atoms with Gasteiger partial charge in [0, 0.05) is 18.7 Å². The molecule has 1 aliphatic heterocycles. The summed E-state index contributed by atoms with van der Waals surface area (Å²) in [5.74, 6) is 0.724. The van der Waals surface area contributed by atoms with Crippen LogP contribution in [0.5, 0.6) is 11.5 Å². The normalized spacial score (nSPS) is 16.6. The number of hydrogen-bond acceptors (Lipinski definition) is 7. The highest BCUT2D eigenvalue weighted by Crippen LogP contribution is 2.35. The van der Waals surface area contributed by atoms with E-state index in [4.69, 9.17) is 15.2 Å². The molecule has 0 aromatic heterocycles. The fourth-order valence-corrected chi connectivity index (χ4v) is 5.17. The summed E-state index contributed by atoms with van der Waals surface area (Å²) in [6, 6.07) is 13.7. The fourth-order valence-electron chi connectivity index (χ4n) is 3.31. The average molecular weight is 421 g/mol. The van der Waals surface area contributed by atoms with Crippen LogP contribution >= 0.6 is 0 Å². The Labute approximate surface area is 171 Å². The van der Waals surface area contributed by atoms with Crippen LogP contribution in [0.15, 0.2) is 53.4 Å². The number of aliphatic hydroxyl groups excluding tert-OH is 1. The van der Waals surface area contributed by atoms with Crippen LogP contribution in [0.1, 0.15) is 19.4 Å². The number of ether oxygens (including phenoxy) is 2. The summed E-state index contributed by atoms with van der Waals surface area (Å²) in [5.41, 5.74) is 7.14. The van der Waals surface area contributed by atoms with E-state index in [1.165, 1.54) is 12.1 Å². The quantitative estimate of drug-likeness (QED) is 0.566. The number of aliphatic hydroxyl groups is 1. The molecule has 0 amide bonds. The van der Waals surface area contributed by atoms with E-state index in [9.17, 15) is 13.5 Å². The monoisotopic (exact) mass is 420 g/mol. The van der Waals surface area contributed by atoms with E-state index in [1.807, 2.05) is 44.2 Å². The number of benzene rings is 2. The molecule has 158 valence electrons. The molecular weight excluding hydrogens is 392 g/mol. The van der Waals surface area contributed by atoms with Crippen LogP contribution in [0.4, 0.5) is 0 Å². The van der Waals surface area contributed by atoms with Gasteiger partial charge < -0.3 is 20.3 Å². The van der Waals surface area contributed by atoms with Gasteiger partial charge >= 0.3 is 0 Å². The van der Waals surface area contributed by atoms with Crippen molar-refractivity contribution in [3.05, 3.63) is 54.1 Å². The molecule has 8 heteroatoms. The molecule has 0 aliphatic carbocycles. The van der Waals surface area contributed by atoms with Gasteiger partial charge in [0.05, 0.1) is 11.0 Å². The van der Waals surface area contributed by atoms with Crippen LogP contribution < -0.4 is 20.5 Å². The Bertz CT molecular complexity index is 918. The van der Waals surface area contributed by atoms with Gasteiger partial charge in [0.25, 0.3) is 0 Å². The standard InChI is InChI=1S/C21H28N2O5S/c1-14(2)21(23-12-18(24)17(22)10-15-6-4-3-5-7-15)29(25,26)16-8-9-19-20(11-16)28-13-27-19/h3-9,11,14,17-18,21,23-24H,10,12-13,22H2,1-2H3. The topological polar surface area (TPSA) is 111 Å². The van der Waals surface area contributed by atoms with E-state index in [-0.39, 0.29) is 24.2 Å². The van der Waals surface area contributed by atoms with Crippen LogP contribution in [-0.4, -0.2) is 44.4 Å². The number of rotatable bonds is 9. The predicted octanol–water partition coefficient (Wildman–Crippen LogP) is 1.69. The van der Waals surface area contributed by atoms with Crippen LogP contribution in [-0.2, 0) is 16.3 Å². The van der Waals surface area contributed by atoms with Gasteiger partial charge in [-0.15, -0.1) is 0 Å². The second-order valence-corrected chi connectivity index (χ2v) is 9.62. The zero-order valence-electron chi connectivity index (χ0n) is 16.6. The van der Waals surface area contributed by atoms with Crippen LogP contribution in [0.3, 0.4) is 0 Å². The first-order valence-electron chi connectivity index (χ1n) is 9.63. The van der Waals surface area contributed by atoms with E-state index in [0.29, 0.717) is 17.9 Å². The number of hydrogen-bond donors (Lipinski definition) is 3. The molecule has 0 saturated carbocycles. The van der Waals surface area contributed by atoms with Gasteiger partial charge in [-0.2, -0.15) is 0 Å². The van der Waals surface area contributed by atoms with Crippen LogP contribution in [0.25, 0.3) is 0 Å². The summed E-state index contributed by atoms with van der Waals surface area (Å²) < 4.78 is 36.9. The highest BCUT2D eigenvalue weighted by atomic mass is 32.2. The van der Waals surface area contributed by atoms with Crippen LogP contribution in [0.2, 0.25) is 0 Å². The molecule has 0 fully saturated rings. The van der Waals surface area contributed by atoms with Gasteiger partial charge in [0.15, 0.2) is 21.3 Å². The Morgan fingerprint density at radius 1 is 1.10 bits per heavy atom. The third-order valence-corrected chi connectivity index (χ3v) is 7.24. The molecule has 0 saturated heterocycles. The molecule has 0 bridgehead atoms. The molecule has 0 radical (unpaired) electrons. The zero-order chi connectivity index (χ0) is 21.0. The Hall–Kier alpha value is -2.13. The Morgan fingerprint density at radius 2 is 1.79 bits per heavy atom. The summed E-state index contributed by atoms with van der Waals surface area (Å²) >= 11 is 0. The van der Waals surface area contributed by atoms with Gasteiger partial charge in [-0.25, -0.2) is 8.42 Å². The molecule has 3 unspecified atom stereocenters. The van der Waals surface area contributed by atoms with Crippen molar-refractivity contribution in [1.29, 1.82) is 0 Å².